The summed E-state index contributed by atoms with van der Waals surface area (Å²) in [5, 5.41) is 21.6. The molecule has 1 saturated carbocycles. The van der Waals surface area contributed by atoms with Crippen LogP contribution in [-0.4, -0.2) is 26.4 Å². The molecule has 1 aliphatic rings. The number of halogens is 1. The van der Waals surface area contributed by atoms with Gasteiger partial charge in [-0.3, -0.25) is 0 Å². The number of hydrogen-bond acceptors (Lipinski definition) is 8. The highest BCUT2D eigenvalue weighted by molar-refractivity contribution is 8.00. The minimum atomic E-state index is 0.433. The van der Waals surface area contributed by atoms with E-state index < -0.39 is 0 Å². The predicted octanol–water partition coefficient (Wildman–Crippen LogP) is 5.28. The molecule has 0 atom stereocenters. The summed E-state index contributed by atoms with van der Waals surface area (Å²) in [6.07, 6.45) is 6.37. The molecule has 3 aromatic rings. The van der Waals surface area contributed by atoms with Gasteiger partial charge in [-0.05, 0) is 25.0 Å². The lowest BCUT2D eigenvalue weighted by molar-refractivity contribution is 0.462. The van der Waals surface area contributed by atoms with Crippen LogP contribution in [0.5, 0.6) is 0 Å². The Hall–Kier alpha value is -1.64. The Kier molecular flexibility index (Phi) is 5.72. The molecule has 9 heteroatoms. The third-order valence-corrected chi connectivity index (χ3v) is 6.53. The molecule has 6 nitrogen and oxygen atoms in total. The minimum Gasteiger partial charge on any atom is -0.420 e. The van der Waals surface area contributed by atoms with Crippen LogP contribution in [0.25, 0.3) is 11.5 Å². The van der Waals surface area contributed by atoms with Gasteiger partial charge < -0.3 is 9.73 Å². The van der Waals surface area contributed by atoms with Gasteiger partial charge in [0.1, 0.15) is 0 Å². The van der Waals surface area contributed by atoms with E-state index in [4.69, 9.17) is 16.0 Å². The lowest BCUT2D eigenvalue weighted by Gasteiger charge is -2.21. The third kappa shape index (κ3) is 4.36. The summed E-state index contributed by atoms with van der Waals surface area (Å²) >= 11 is 9.28. The number of anilines is 1. The van der Waals surface area contributed by atoms with Gasteiger partial charge in [-0.15, -0.1) is 20.4 Å². The number of hydrogen-bond donors (Lipinski definition) is 1. The van der Waals surface area contributed by atoms with Crippen LogP contribution in [0.3, 0.4) is 0 Å². The molecule has 0 bridgehead atoms. The lowest BCUT2D eigenvalue weighted by Crippen LogP contribution is -2.21. The highest BCUT2D eigenvalue weighted by Crippen LogP contribution is 2.31. The van der Waals surface area contributed by atoms with Crippen LogP contribution in [0, 0.1) is 0 Å². The molecule has 4 rings (SSSR count). The van der Waals surface area contributed by atoms with Crippen molar-refractivity contribution >= 4 is 39.8 Å². The lowest BCUT2D eigenvalue weighted by atomic mass is 9.96. The van der Waals surface area contributed by atoms with Crippen molar-refractivity contribution in [3.8, 4) is 11.5 Å². The first kappa shape index (κ1) is 17.8. The second-order valence-electron chi connectivity index (χ2n) is 6.12. The zero-order chi connectivity index (χ0) is 17.8. The van der Waals surface area contributed by atoms with Gasteiger partial charge in [0.05, 0.1) is 16.3 Å². The van der Waals surface area contributed by atoms with E-state index in [1.165, 1.54) is 32.1 Å². The number of aromatic nitrogens is 4. The van der Waals surface area contributed by atoms with Crippen LogP contribution in [0.4, 0.5) is 5.13 Å². The largest absolute Gasteiger partial charge is 0.420 e. The molecular formula is C17H18ClN5OS2. The highest BCUT2D eigenvalue weighted by Gasteiger charge is 2.16. The molecule has 2 heterocycles. The first-order chi connectivity index (χ1) is 12.8. The average Bonchev–Trinajstić information content (AvgIpc) is 3.31. The fourth-order valence-corrected chi connectivity index (χ4v) is 4.81. The van der Waals surface area contributed by atoms with Crippen molar-refractivity contribution in [3.63, 3.8) is 0 Å². The predicted molar refractivity (Wildman–Crippen MR) is 105 cm³/mol. The Morgan fingerprint density at radius 2 is 1.96 bits per heavy atom. The second-order valence-corrected chi connectivity index (χ2v) is 8.73. The van der Waals surface area contributed by atoms with Crippen LogP contribution in [0.15, 0.2) is 33.0 Å². The highest BCUT2D eigenvalue weighted by atomic mass is 35.5. The molecule has 136 valence electrons. The molecule has 0 amide bonds. The van der Waals surface area contributed by atoms with Crippen LogP contribution in [0.2, 0.25) is 5.02 Å². The van der Waals surface area contributed by atoms with Gasteiger partial charge in [-0.1, -0.05) is 66.1 Å². The molecule has 0 spiro atoms. The molecule has 0 aliphatic heterocycles. The van der Waals surface area contributed by atoms with Crippen molar-refractivity contribution in [2.45, 2.75) is 48.2 Å². The molecule has 26 heavy (non-hydrogen) atoms. The van der Waals surface area contributed by atoms with Crippen molar-refractivity contribution in [2.24, 2.45) is 0 Å². The van der Waals surface area contributed by atoms with E-state index >= 15 is 0 Å². The number of benzene rings is 1. The normalized spacial score (nSPS) is 15.3. The summed E-state index contributed by atoms with van der Waals surface area (Å²) in [5.74, 6) is 1.53. The van der Waals surface area contributed by atoms with E-state index in [1.54, 1.807) is 29.2 Å². The molecule has 0 saturated heterocycles. The Balaban J connectivity index is 1.34. The van der Waals surface area contributed by atoms with E-state index in [0.29, 0.717) is 28.6 Å². The van der Waals surface area contributed by atoms with E-state index in [0.717, 1.165) is 15.0 Å². The van der Waals surface area contributed by atoms with Crippen molar-refractivity contribution in [3.05, 3.63) is 35.2 Å². The summed E-state index contributed by atoms with van der Waals surface area (Å²) in [4.78, 5) is 0. The van der Waals surface area contributed by atoms with Crippen molar-refractivity contribution in [1.82, 2.24) is 20.4 Å². The van der Waals surface area contributed by atoms with Gasteiger partial charge >= 0.3 is 0 Å². The van der Waals surface area contributed by atoms with Crippen LogP contribution in [0.1, 0.15) is 38.0 Å². The number of thioether (sulfide) groups is 1. The Labute approximate surface area is 164 Å². The van der Waals surface area contributed by atoms with Gasteiger partial charge in [-0.25, -0.2) is 0 Å². The molecule has 1 fully saturated rings. The van der Waals surface area contributed by atoms with Crippen LogP contribution in [-0.2, 0) is 5.75 Å². The zero-order valence-electron chi connectivity index (χ0n) is 14.0. The smallest absolute Gasteiger partial charge is 0.249 e. The van der Waals surface area contributed by atoms with Gasteiger partial charge in [0, 0.05) is 6.04 Å². The first-order valence-electron chi connectivity index (χ1n) is 8.58. The Morgan fingerprint density at radius 1 is 1.12 bits per heavy atom. The topological polar surface area (TPSA) is 76.7 Å². The summed E-state index contributed by atoms with van der Waals surface area (Å²) in [7, 11) is 0. The summed E-state index contributed by atoms with van der Waals surface area (Å²) in [6, 6.07) is 7.96. The quantitative estimate of drug-likeness (QED) is 0.557. The van der Waals surface area contributed by atoms with Gasteiger partial charge in [0.15, 0.2) is 4.34 Å². The molecular weight excluding hydrogens is 390 g/mol. The Bertz CT molecular complexity index is 862. The second kappa shape index (κ2) is 8.37. The number of nitrogens with one attached hydrogen (secondary N) is 1. The molecule has 0 radical (unpaired) electrons. The van der Waals surface area contributed by atoms with E-state index in [2.05, 4.69) is 25.7 Å². The third-order valence-electron chi connectivity index (χ3n) is 4.23. The first-order valence-corrected chi connectivity index (χ1v) is 10.8. The van der Waals surface area contributed by atoms with Gasteiger partial charge in [0.2, 0.25) is 16.9 Å². The average molecular weight is 408 g/mol. The van der Waals surface area contributed by atoms with Gasteiger partial charge in [-0.2, -0.15) is 0 Å². The fraction of sp³-hybridized carbons (Fsp3) is 0.412. The summed E-state index contributed by atoms with van der Waals surface area (Å²) in [6.45, 7) is 0. The molecule has 1 aliphatic carbocycles. The molecule has 2 aromatic heterocycles. The maximum atomic E-state index is 6.17. The van der Waals surface area contributed by atoms with Crippen LogP contribution < -0.4 is 5.32 Å². The standard InChI is InChI=1S/C17H18ClN5OS2/c18-13-9-5-4-8-12(13)15-21-20-14(24-15)10-25-17-23-22-16(26-17)19-11-6-2-1-3-7-11/h4-5,8-9,11H,1-3,6-7,10H2,(H,19,22). The van der Waals surface area contributed by atoms with Crippen molar-refractivity contribution in [1.29, 1.82) is 0 Å². The maximum absolute atomic E-state index is 6.17. The van der Waals surface area contributed by atoms with E-state index in [9.17, 15) is 0 Å². The number of rotatable bonds is 6. The zero-order valence-corrected chi connectivity index (χ0v) is 16.4. The molecule has 1 aromatic carbocycles. The van der Waals surface area contributed by atoms with E-state index in [-0.39, 0.29) is 0 Å². The SMILES string of the molecule is Clc1ccccc1-c1nnc(CSc2nnc(NC3CCCCC3)s2)o1. The monoisotopic (exact) mass is 407 g/mol. The summed E-state index contributed by atoms with van der Waals surface area (Å²) < 4.78 is 6.60. The Morgan fingerprint density at radius 3 is 2.81 bits per heavy atom. The molecule has 1 N–H and O–H groups in total. The fourth-order valence-electron chi connectivity index (χ4n) is 2.93. The maximum Gasteiger partial charge on any atom is 0.249 e. The number of nitrogens with zero attached hydrogens (tertiary/aromatic N) is 4. The summed E-state index contributed by atoms with van der Waals surface area (Å²) in [5.41, 5.74) is 0.743. The minimum absolute atomic E-state index is 0.433. The van der Waals surface area contributed by atoms with Crippen molar-refractivity contribution in [2.75, 3.05) is 5.32 Å². The van der Waals surface area contributed by atoms with Crippen molar-refractivity contribution < 1.29 is 4.42 Å². The van der Waals surface area contributed by atoms with Gasteiger partial charge in [0.25, 0.3) is 0 Å². The molecule has 0 unspecified atom stereocenters. The van der Waals surface area contributed by atoms with Crippen LogP contribution >= 0.6 is 34.7 Å². The van der Waals surface area contributed by atoms with E-state index in [1.807, 2.05) is 18.2 Å².